The van der Waals surface area contributed by atoms with E-state index in [0.29, 0.717) is 33.4 Å². The standard InChI is InChI=1S/C22H16Cl2N4O/c1-13-9-15(10-20(24)26-13)22(29)27-16-7-8-18(23)17(11-16)21-25-12-19(28-21)14-5-3-2-4-6-14/h2-12H,1H3,(H,25,28)(H,27,29). The topological polar surface area (TPSA) is 70.7 Å². The highest BCUT2D eigenvalue weighted by Gasteiger charge is 2.13. The van der Waals surface area contributed by atoms with E-state index in [1.165, 1.54) is 6.07 Å². The van der Waals surface area contributed by atoms with Crippen molar-refractivity contribution in [1.82, 2.24) is 15.0 Å². The minimum Gasteiger partial charge on any atom is -0.338 e. The van der Waals surface area contributed by atoms with Crippen LogP contribution in [0.1, 0.15) is 16.1 Å². The molecule has 0 unspecified atom stereocenters. The lowest BCUT2D eigenvalue weighted by Crippen LogP contribution is -2.12. The molecule has 0 bridgehead atoms. The van der Waals surface area contributed by atoms with Crippen LogP contribution in [0.25, 0.3) is 22.6 Å². The van der Waals surface area contributed by atoms with E-state index in [0.717, 1.165) is 11.3 Å². The first-order chi connectivity index (χ1) is 14.0. The molecule has 0 spiro atoms. The van der Waals surface area contributed by atoms with Crippen LogP contribution in [0.15, 0.2) is 66.9 Å². The van der Waals surface area contributed by atoms with Crippen molar-refractivity contribution in [3.8, 4) is 22.6 Å². The van der Waals surface area contributed by atoms with Gasteiger partial charge in [0, 0.05) is 22.5 Å². The van der Waals surface area contributed by atoms with Gasteiger partial charge in [0.05, 0.1) is 16.9 Å². The summed E-state index contributed by atoms with van der Waals surface area (Å²) in [7, 11) is 0. The molecule has 2 aromatic carbocycles. The first-order valence-corrected chi connectivity index (χ1v) is 9.61. The molecule has 0 saturated heterocycles. The van der Waals surface area contributed by atoms with E-state index in [1.54, 1.807) is 37.4 Å². The van der Waals surface area contributed by atoms with Crippen molar-refractivity contribution in [2.45, 2.75) is 6.92 Å². The van der Waals surface area contributed by atoms with Gasteiger partial charge in [0.2, 0.25) is 0 Å². The van der Waals surface area contributed by atoms with Crippen LogP contribution in [-0.4, -0.2) is 20.9 Å². The van der Waals surface area contributed by atoms with Gasteiger partial charge in [-0.1, -0.05) is 53.5 Å². The average molecular weight is 423 g/mol. The number of hydrogen-bond acceptors (Lipinski definition) is 3. The second-order valence-corrected chi connectivity index (χ2v) is 7.27. The number of aromatic nitrogens is 3. The van der Waals surface area contributed by atoms with Crippen molar-refractivity contribution in [2.75, 3.05) is 5.32 Å². The molecule has 1 amide bonds. The van der Waals surface area contributed by atoms with Crippen molar-refractivity contribution in [3.05, 3.63) is 88.3 Å². The number of anilines is 1. The summed E-state index contributed by atoms with van der Waals surface area (Å²) in [4.78, 5) is 24.4. The van der Waals surface area contributed by atoms with E-state index in [4.69, 9.17) is 23.2 Å². The molecule has 0 atom stereocenters. The maximum absolute atomic E-state index is 12.6. The van der Waals surface area contributed by atoms with Crippen LogP contribution < -0.4 is 5.32 Å². The number of amides is 1. The maximum atomic E-state index is 12.6. The SMILES string of the molecule is Cc1cc(C(=O)Nc2ccc(Cl)c(-c3ncc(-c4ccccc4)[nH]3)c2)cc(Cl)n1. The molecule has 7 heteroatoms. The van der Waals surface area contributed by atoms with E-state index in [9.17, 15) is 4.79 Å². The monoisotopic (exact) mass is 422 g/mol. The molecule has 0 aliphatic heterocycles. The fraction of sp³-hybridized carbons (Fsp3) is 0.0455. The summed E-state index contributed by atoms with van der Waals surface area (Å²) in [6.45, 7) is 1.78. The number of imidazole rings is 1. The van der Waals surface area contributed by atoms with E-state index >= 15 is 0 Å². The number of benzene rings is 2. The zero-order valence-electron chi connectivity index (χ0n) is 15.4. The number of aryl methyl sites for hydroxylation is 1. The average Bonchev–Trinajstić information content (AvgIpc) is 3.19. The van der Waals surface area contributed by atoms with Gasteiger partial charge in [0.1, 0.15) is 11.0 Å². The first-order valence-electron chi connectivity index (χ1n) is 8.85. The largest absolute Gasteiger partial charge is 0.338 e. The lowest BCUT2D eigenvalue weighted by atomic mass is 10.1. The van der Waals surface area contributed by atoms with E-state index in [2.05, 4.69) is 20.3 Å². The summed E-state index contributed by atoms with van der Waals surface area (Å²) in [5.41, 5.74) is 4.30. The predicted octanol–water partition coefficient (Wildman–Crippen LogP) is 6.01. The lowest BCUT2D eigenvalue weighted by molar-refractivity contribution is 0.102. The molecule has 4 aromatic rings. The molecule has 5 nitrogen and oxygen atoms in total. The number of rotatable bonds is 4. The van der Waals surface area contributed by atoms with E-state index in [1.807, 2.05) is 30.3 Å². The number of hydrogen-bond donors (Lipinski definition) is 2. The van der Waals surface area contributed by atoms with Gasteiger partial charge >= 0.3 is 0 Å². The van der Waals surface area contributed by atoms with Gasteiger partial charge < -0.3 is 10.3 Å². The molecular weight excluding hydrogens is 407 g/mol. The summed E-state index contributed by atoms with van der Waals surface area (Å²) in [5.74, 6) is 0.336. The molecule has 2 heterocycles. The molecular formula is C22H16Cl2N4O. The third kappa shape index (κ3) is 4.31. The van der Waals surface area contributed by atoms with Crippen molar-refractivity contribution in [2.24, 2.45) is 0 Å². The van der Waals surface area contributed by atoms with E-state index < -0.39 is 0 Å². The number of H-pyrrole nitrogens is 1. The zero-order chi connectivity index (χ0) is 20.4. The Morgan fingerprint density at radius 3 is 2.59 bits per heavy atom. The molecule has 0 radical (unpaired) electrons. The van der Waals surface area contributed by atoms with Crippen LogP contribution in [0, 0.1) is 6.92 Å². The summed E-state index contributed by atoms with van der Waals surface area (Å²) in [6.07, 6.45) is 1.76. The first kappa shape index (κ1) is 19.2. The second-order valence-electron chi connectivity index (χ2n) is 6.48. The van der Waals surface area contributed by atoms with Crippen LogP contribution in [0.3, 0.4) is 0 Å². The summed E-state index contributed by atoms with van der Waals surface area (Å²) in [6, 6.07) is 18.3. The van der Waals surface area contributed by atoms with Gasteiger partial charge in [-0.3, -0.25) is 4.79 Å². The normalized spacial score (nSPS) is 10.7. The van der Waals surface area contributed by atoms with Gasteiger partial charge in [-0.15, -0.1) is 0 Å². The summed E-state index contributed by atoms with van der Waals surface area (Å²) < 4.78 is 0. The van der Waals surface area contributed by atoms with Crippen LogP contribution in [0.4, 0.5) is 5.69 Å². The molecule has 2 N–H and O–H groups in total. The molecule has 0 aliphatic carbocycles. The Labute approximate surface area is 177 Å². The van der Waals surface area contributed by atoms with Crippen molar-refractivity contribution in [3.63, 3.8) is 0 Å². The number of carbonyl (C=O) groups is 1. The highest BCUT2D eigenvalue weighted by atomic mass is 35.5. The summed E-state index contributed by atoms with van der Waals surface area (Å²) in [5, 5.41) is 3.66. The molecule has 144 valence electrons. The molecule has 0 fully saturated rings. The van der Waals surface area contributed by atoms with E-state index in [-0.39, 0.29) is 11.1 Å². The number of nitrogens with zero attached hydrogens (tertiary/aromatic N) is 2. The predicted molar refractivity (Wildman–Crippen MR) is 116 cm³/mol. The highest BCUT2D eigenvalue weighted by Crippen LogP contribution is 2.30. The number of nitrogens with one attached hydrogen (secondary N) is 2. The Morgan fingerprint density at radius 2 is 1.83 bits per heavy atom. The Kier molecular flexibility index (Phi) is 5.34. The Hall–Kier alpha value is -3.15. The quantitative estimate of drug-likeness (QED) is 0.395. The van der Waals surface area contributed by atoms with Crippen molar-refractivity contribution < 1.29 is 4.79 Å². The molecule has 0 saturated carbocycles. The lowest BCUT2D eigenvalue weighted by Gasteiger charge is -2.09. The fourth-order valence-electron chi connectivity index (χ4n) is 2.97. The van der Waals surface area contributed by atoms with Gasteiger partial charge in [-0.25, -0.2) is 9.97 Å². The molecule has 2 aromatic heterocycles. The zero-order valence-corrected chi connectivity index (χ0v) is 16.9. The smallest absolute Gasteiger partial charge is 0.255 e. The highest BCUT2D eigenvalue weighted by molar-refractivity contribution is 6.33. The van der Waals surface area contributed by atoms with Crippen LogP contribution in [0.5, 0.6) is 0 Å². The number of carbonyl (C=O) groups excluding carboxylic acids is 1. The minimum absolute atomic E-state index is 0.274. The third-order valence-electron chi connectivity index (χ3n) is 4.32. The summed E-state index contributed by atoms with van der Waals surface area (Å²) >= 11 is 12.3. The molecule has 4 rings (SSSR count). The number of pyridine rings is 1. The molecule has 0 aliphatic rings. The minimum atomic E-state index is -0.282. The van der Waals surface area contributed by atoms with Crippen molar-refractivity contribution in [1.29, 1.82) is 0 Å². The Balaban J connectivity index is 1.61. The number of halogens is 2. The van der Waals surface area contributed by atoms with Crippen LogP contribution >= 0.6 is 23.2 Å². The fourth-order valence-corrected chi connectivity index (χ4v) is 3.43. The van der Waals surface area contributed by atoms with Gasteiger partial charge in [-0.2, -0.15) is 0 Å². The van der Waals surface area contributed by atoms with Crippen LogP contribution in [-0.2, 0) is 0 Å². The van der Waals surface area contributed by atoms with Gasteiger partial charge in [0.15, 0.2) is 0 Å². The Morgan fingerprint density at radius 1 is 1.03 bits per heavy atom. The number of aromatic amines is 1. The second kappa shape index (κ2) is 8.07. The van der Waals surface area contributed by atoms with Gasteiger partial charge in [-0.05, 0) is 42.8 Å². The molecule has 29 heavy (non-hydrogen) atoms. The van der Waals surface area contributed by atoms with Crippen molar-refractivity contribution >= 4 is 34.8 Å². The third-order valence-corrected chi connectivity index (χ3v) is 4.85. The van der Waals surface area contributed by atoms with Crippen LogP contribution in [0.2, 0.25) is 10.2 Å². The van der Waals surface area contributed by atoms with Gasteiger partial charge in [0.25, 0.3) is 5.91 Å². The Bertz CT molecular complexity index is 1170. The maximum Gasteiger partial charge on any atom is 0.255 e.